The van der Waals surface area contributed by atoms with Gasteiger partial charge in [-0.15, -0.1) is 11.3 Å². The number of piperidine rings is 1. The first kappa shape index (κ1) is 30.5. The third-order valence-electron chi connectivity index (χ3n) is 7.21. The van der Waals surface area contributed by atoms with Crippen LogP contribution in [0.15, 0.2) is 29.2 Å². The molecule has 3 N–H and O–H groups in total. The number of amides is 2. The minimum atomic E-state index is -0.893. The average Bonchev–Trinajstić information content (AvgIpc) is 3.36. The predicted molar refractivity (Wildman–Crippen MR) is 149 cm³/mol. The summed E-state index contributed by atoms with van der Waals surface area (Å²) in [6.45, 7) is 15.7. The number of likely N-dealkylation sites (tertiary alicyclic amines) is 1. The quantitative estimate of drug-likeness (QED) is 0.287. The highest BCUT2D eigenvalue weighted by Gasteiger charge is 2.36. The molecule has 0 aliphatic carbocycles. The van der Waals surface area contributed by atoms with Crippen LogP contribution in [-0.2, 0) is 16.1 Å². The number of thiophene rings is 1. The minimum Gasteiger partial charge on any atom is -0.376 e. The van der Waals surface area contributed by atoms with E-state index >= 15 is 0 Å². The summed E-state index contributed by atoms with van der Waals surface area (Å²) in [5.41, 5.74) is 0.615. The third kappa shape index (κ3) is 8.40. The number of carbonyl (C=O) groups is 2. The van der Waals surface area contributed by atoms with Gasteiger partial charge in [-0.05, 0) is 70.5 Å². The number of rotatable bonds is 12. The molecule has 0 saturated carbocycles. The van der Waals surface area contributed by atoms with Crippen LogP contribution in [0.2, 0.25) is 0 Å². The lowest BCUT2D eigenvalue weighted by Gasteiger charge is -2.41. The molecule has 0 aromatic carbocycles. The maximum absolute atomic E-state index is 13.3. The summed E-state index contributed by atoms with van der Waals surface area (Å²) < 4.78 is 0. The molecule has 7 nitrogen and oxygen atoms in total. The van der Waals surface area contributed by atoms with Gasteiger partial charge in [0.15, 0.2) is 0 Å². The Morgan fingerprint density at radius 1 is 1.19 bits per heavy atom. The molecule has 1 aliphatic rings. The van der Waals surface area contributed by atoms with E-state index in [9.17, 15) is 14.7 Å². The van der Waals surface area contributed by atoms with E-state index in [4.69, 9.17) is 0 Å². The van der Waals surface area contributed by atoms with Crippen LogP contribution in [0.5, 0.6) is 0 Å². The second-order valence-corrected chi connectivity index (χ2v) is 12.1. The van der Waals surface area contributed by atoms with E-state index in [2.05, 4.69) is 43.2 Å². The zero-order valence-electron chi connectivity index (χ0n) is 23.5. The van der Waals surface area contributed by atoms with Gasteiger partial charge in [0.2, 0.25) is 11.8 Å². The molecule has 1 aromatic rings. The summed E-state index contributed by atoms with van der Waals surface area (Å²) in [6.07, 6.45) is 4.04. The molecular weight excluding hydrogens is 472 g/mol. The largest absolute Gasteiger partial charge is 0.376 e. The molecule has 1 fully saturated rings. The molecule has 2 heterocycles. The Morgan fingerprint density at radius 2 is 1.89 bits per heavy atom. The SMILES string of the molecule is C/C(=C\[C@H](C(C)C)N(C)C(O)C(NC(=O)C1CCCCN1C(C)C)C(C)C)C(=O)NCc1cccs1. The number of aliphatic hydroxyl groups is 1. The van der Waals surface area contributed by atoms with Crippen molar-refractivity contribution in [3.63, 3.8) is 0 Å². The molecule has 8 heteroatoms. The van der Waals surface area contributed by atoms with E-state index in [-0.39, 0.29) is 35.7 Å². The number of hydrogen-bond donors (Lipinski definition) is 3. The number of nitrogens with zero attached hydrogens (tertiary/aromatic N) is 2. The van der Waals surface area contributed by atoms with Gasteiger partial charge in [0.05, 0.1) is 18.6 Å². The smallest absolute Gasteiger partial charge is 0.246 e. The van der Waals surface area contributed by atoms with Crippen molar-refractivity contribution >= 4 is 23.2 Å². The van der Waals surface area contributed by atoms with E-state index < -0.39 is 12.3 Å². The zero-order valence-corrected chi connectivity index (χ0v) is 24.3. The standard InChI is InChI=1S/C28H48N4O3S/c1-18(2)24(16-21(7)26(33)29-17-22-12-11-15-36-22)31(8)28(35)25(19(3)4)30-27(34)23-13-9-10-14-32(23)20(5)6/h11-12,15-16,18-20,23-25,28,35H,9-10,13-14,17H2,1-8H3,(H,29,33)(H,30,34)/b21-16+/t23?,24-,25?,28?/m1/s1. The highest BCUT2D eigenvalue weighted by atomic mass is 32.1. The summed E-state index contributed by atoms with van der Waals surface area (Å²) in [5.74, 6) is 0.0736. The summed E-state index contributed by atoms with van der Waals surface area (Å²) in [7, 11) is 1.87. The van der Waals surface area contributed by atoms with Gasteiger partial charge in [-0.25, -0.2) is 0 Å². The van der Waals surface area contributed by atoms with Crippen LogP contribution in [0.25, 0.3) is 0 Å². The van der Waals surface area contributed by atoms with Crippen LogP contribution in [0, 0.1) is 11.8 Å². The van der Waals surface area contributed by atoms with Crippen molar-refractivity contribution in [2.45, 2.75) is 105 Å². The van der Waals surface area contributed by atoms with Crippen LogP contribution in [0.4, 0.5) is 0 Å². The molecule has 1 saturated heterocycles. The second kappa shape index (κ2) is 14.3. The van der Waals surface area contributed by atoms with Crippen molar-refractivity contribution in [1.82, 2.24) is 20.4 Å². The molecule has 0 bridgehead atoms. The molecule has 2 amide bonds. The second-order valence-electron chi connectivity index (χ2n) is 11.0. The summed E-state index contributed by atoms with van der Waals surface area (Å²) in [6, 6.07) is 3.51. The van der Waals surface area contributed by atoms with Crippen molar-refractivity contribution in [1.29, 1.82) is 0 Å². The van der Waals surface area contributed by atoms with Crippen LogP contribution >= 0.6 is 11.3 Å². The maximum Gasteiger partial charge on any atom is 0.246 e. The van der Waals surface area contributed by atoms with Gasteiger partial charge in [0.25, 0.3) is 0 Å². The summed E-state index contributed by atoms with van der Waals surface area (Å²) in [5, 5.41) is 19.6. The van der Waals surface area contributed by atoms with Gasteiger partial charge in [-0.2, -0.15) is 0 Å². The molecule has 204 valence electrons. The van der Waals surface area contributed by atoms with E-state index in [0.717, 1.165) is 30.7 Å². The Labute approximate surface area is 222 Å². The van der Waals surface area contributed by atoms with Gasteiger partial charge in [-0.3, -0.25) is 19.4 Å². The molecule has 1 aromatic heterocycles. The fraction of sp³-hybridized carbons (Fsp3) is 0.714. The van der Waals surface area contributed by atoms with E-state index in [1.807, 2.05) is 56.3 Å². The van der Waals surface area contributed by atoms with Gasteiger partial charge < -0.3 is 15.7 Å². The molecule has 1 aliphatic heterocycles. The van der Waals surface area contributed by atoms with Crippen LogP contribution in [-0.4, -0.2) is 70.7 Å². The fourth-order valence-electron chi connectivity index (χ4n) is 4.96. The van der Waals surface area contributed by atoms with E-state index in [0.29, 0.717) is 18.2 Å². The highest BCUT2D eigenvalue weighted by molar-refractivity contribution is 7.09. The third-order valence-corrected chi connectivity index (χ3v) is 8.09. The molecule has 2 rings (SSSR count). The topological polar surface area (TPSA) is 84.9 Å². The molecule has 36 heavy (non-hydrogen) atoms. The lowest BCUT2D eigenvalue weighted by atomic mass is 9.95. The molecule has 0 spiro atoms. The van der Waals surface area contributed by atoms with E-state index in [1.165, 1.54) is 0 Å². The van der Waals surface area contributed by atoms with Crippen molar-refractivity contribution in [3.05, 3.63) is 34.0 Å². The van der Waals surface area contributed by atoms with Crippen LogP contribution < -0.4 is 10.6 Å². The van der Waals surface area contributed by atoms with Gasteiger partial charge in [-0.1, -0.05) is 46.3 Å². The lowest BCUT2D eigenvalue weighted by Crippen LogP contribution is -2.60. The van der Waals surface area contributed by atoms with Crippen molar-refractivity contribution in [2.75, 3.05) is 13.6 Å². The summed E-state index contributed by atoms with van der Waals surface area (Å²) in [4.78, 5) is 31.3. The van der Waals surface area contributed by atoms with Gasteiger partial charge in [0.1, 0.15) is 6.23 Å². The first-order valence-electron chi connectivity index (χ1n) is 13.4. The number of likely N-dealkylation sites (N-methyl/N-ethyl adjacent to an activating group) is 1. The van der Waals surface area contributed by atoms with E-state index in [1.54, 1.807) is 11.3 Å². The molecule has 0 radical (unpaired) electrons. The Kier molecular flexibility index (Phi) is 12.1. The Morgan fingerprint density at radius 3 is 2.44 bits per heavy atom. The lowest BCUT2D eigenvalue weighted by molar-refractivity contribution is -0.132. The number of carbonyl (C=O) groups excluding carboxylic acids is 2. The van der Waals surface area contributed by atoms with Crippen molar-refractivity contribution in [3.8, 4) is 0 Å². The Bertz CT molecular complexity index is 853. The number of aliphatic hydroxyl groups excluding tert-OH is 1. The van der Waals surface area contributed by atoms with Crippen molar-refractivity contribution < 1.29 is 14.7 Å². The van der Waals surface area contributed by atoms with Crippen molar-refractivity contribution in [2.24, 2.45) is 11.8 Å². The number of nitrogens with one attached hydrogen (secondary N) is 2. The summed E-state index contributed by atoms with van der Waals surface area (Å²) >= 11 is 1.61. The minimum absolute atomic E-state index is 0.00433. The Balaban J connectivity index is 2.12. The Hall–Kier alpha value is -1.74. The van der Waals surface area contributed by atoms with Gasteiger partial charge in [0, 0.05) is 22.5 Å². The first-order valence-corrected chi connectivity index (χ1v) is 14.3. The maximum atomic E-state index is 13.3. The molecular formula is C28H48N4O3S. The zero-order chi connectivity index (χ0) is 27.0. The van der Waals surface area contributed by atoms with Gasteiger partial charge >= 0.3 is 0 Å². The molecule has 4 atom stereocenters. The number of hydrogen-bond acceptors (Lipinski definition) is 6. The van der Waals surface area contributed by atoms with Crippen LogP contribution in [0.1, 0.15) is 72.6 Å². The highest BCUT2D eigenvalue weighted by Crippen LogP contribution is 2.22. The normalized spacial score (nSPS) is 20.1. The van der Waals surface area contributed by atoms with Crippen LogP contribution in [0.3, 0.4) is 0 Å². The molecule has 3 unspecified atom stereocenters. The first-order chi connectivity index (χ1) is 16.9. The monoisotopic (exact) mass is 520 g/mol. The average molecular weight is 521 g/mol. The predicted octanol–water partition coefficient (Wildman–Crippen LogP) is 3.99. The fourth-order valence-corrected chi connectivity index (χ4v) is 5.61.